The molecule has 0 bridgehead atoms. The number of anilines is 1. The van der Waals surface area contributed by atoms with Crippen molar-refractivity contribution in [2.45, 2.75) is 64.5 Å². The van der Waals surface area contributed by atoms with Crippen molar-refractivity contribution in [3.8, 4) is 0 Å². The summed E-state index contributed by atoms with van der Waals surface area (Å²) >= 11 is 0. The lowest BCUT2D eigenvalue weighted by Crippen LogP contribution is -2.50. The zero-order valence-corrected chi connectivity index (χ0v) is 16.1. The van der Waals surface area contributed by atoms with E-state index in [-0.39, 0.29) is 11.4 Å². The molecule has 1 aromatic carbocycles. The van der Waals surface area contributed by atoms with Gasteiger partial charge >= 0.3 is 0 Å². The molecule has 138 valence electrons. The van der Waals surface area contributed by atoms with Crippen molar-refractivity contribution in [1.82, 2.24) is 10.2 Å². The van der Waals surface area contributed by atoms with Crippen molar-refractivity contribution in [3.05, 3.63) is 29.8 Å². The van der Waals surface area contributed by atoms with Gasteiger partial charge in [0.05, 0.1) is 0 Å². The van der Waals surface area contributed by atoms with Crippen molar-refractivity contribution in [2.24, 2.45) is 0 Å². The molecule has 0 radical (unpaired) electrons. The number of amides is 1. The molecule has 4 heteroatoms. The van der Waals surface area contributed by atoms with Gasteiger partial charge in [0, 0.05) is 49.0 Å². The van der Waals surface area contributed by atoms with Gasteiger partial charge in [0.1, 0.15) is 0 Å². The van der Waals surface area contributed by atoms with E-state index in [4.69, 9.17) is 0 Å². The highest BCUT2D eigenvalue weighted by Gasteiger charge is 2.27. The zero-order valence-electron chi connectivity index (χ0n) is 16.1. The molecule has 1 amide bonds. The number of hydrogen-bond acceptors (Lipinski definition) is 3. The Balaban J connectivity index is 1.52. The highest BCUT2D eigenvalue weighted by Crippen LogP contribution is 2.22. The summed E-state index contributed by atoms with van der Waals surface area (Å²) in [5.41, 5.74) is 2.24. The Morgan fingerprint density at radius 1 is 0.960 bits per heavy atom. The van der Waals surface area contributed by atoms with Crippen molar-refractivity contribution in [3.63, 3.8) is 0 Å². The first-order valence-corrected chi connectivity index (χ1v) is 9.84. The molecular formula is C21H33N3O. The summed E-state index contributed by atoms with van der Waals surface area (Å²) in [5, 5.41) is 3.23. The molecule has 0 spiro atoms. The van der Waals surface area contributed by atoms with E-state index in [1.807, 2.05) is 12.1 Å². The van der Waals surface area contributed by atoms with E-state index in [1.165, 1.54) is 24.9 Å². The molecule has 0 aromatic heterocycles. The molecule has 2 fully saturated rings. The Kier molecular flexibility index (Phi) is 5.67. The monoisotopic (exact) mass is 343 g/mol. The van der Waals surface area contributed by atoms with Gasteiger partial charge < -0.3 is 10.2 Å². The topological polar surface area (TPSA) is 35.6 Å². The van der Waals surface area contributed by atoms with Crippen LogP contribution in [0, 0.1) is 0 Å². The van der Waals surface area contributed by atoms with Gasteiger partial charge in [-0.15, -0.1) is 0 Å². The first kappa shape index (κ1) is 18.2. The van der Waals surface area contributed by atoms with Crippen molar-refractivity contribution in [1.29, 1.82) is 0 Å². The van der Waals surface area contributed by atoms with Crippen molar-refractivity contribution < 1.29 is 4.79 Å². The maximum atomic E-state index is 12.5. The zero-order chi connectivity index (χ0) is 17.9. The Morgan fingerprint density at radius 2 is 1.56 bits per heavy atom. The minimum absolute atomic E-state index is 0.0689. The fourth-order valence-corrected chi connectivity index (χ4v) is 3.94. The van der Waals surface area contributed by atoms with Crippen molar-refractivity contribution in [2.75, 3.05) is 31.1 Å². The number of nitrogens with one attached hydrogen (secondary N) is 1. The van der Waals surface area contributed by atoms with Crippen LogP contribution in [0.25, 0.3) is 0 Å². The van der Waals surface area contributed by atoms with E-state index in [9.17, 15) is 4.79 Å². The average molecular weight is 344 g/mol. The van der Waals surface area contributed by atoms with Gasteiger partial charge in [-0.05, 0) is 77.1 Å². The summed E-state index contributed by atoms with van der Waals surface area (Å²) in [7, 11) is 0. The molecule has 4 nitrogen and oxygen atoms in total. The number of nitrogens with zero attached hydrogens (tertiary/aromatic N) is 2. The number of rotatable bonds is 3. The van der Waals surface area contributed by atoms with Crippen LogP contribution in [0.5, 0.6) is 0 Å². The second-order valence-corrected chi connectivity index (χ2v) is 8.50. The fraction of sp³-hybridized carbons (Fsp3) is 0.667. The summed E-state index contributed by atoms with van der Waals surface area (Å²) in [5.74, 6) is 0.0689. The third-order valence-corrected chi connectivity index (χ3v) is 5.63. The number of likely N-dealkylation sites (tertiary alicyclic amines) is 1. The third kappa shape index (κ3) is 4.75. The first-order chi connectivity index (χ1) is 11.9. The van der Waals surface area contributed by atoms with Gasteiger partial charge in [-0.1, -0.05) is 0 Å². The lowest BCUT2D eigenvalue weighted by molar-refractivity contribution is 0.0812. The largest absolute Gasteiger partial charge is 0.372 e. The number of benzene rings is 1. The molecule has 1 N–H and O–H groups in total. The summed E-state index contributed by atoms with van der Waals surface area (Å²) in [4.78, 5) is 17.5. The molecule has 2 aliphatic rings. The van der Waals surface area contributed by atoms with E-state index in [1.54, 1.807) is 0 Å². The predicted molar refractivity (Wildman–Crippen MR) is 104 cm³/mol. The van der Waals surface area contributed by atoms with Crippen LogP contribution in [0.1, 0.15) is 63.2 Å². The van der Waals surface area contributed by atoms with Crippen LogP contribution in [0.15, 0.2) is 24.3 Å². The van der Waals surface area contributed by atoms with Gasteiger partial charge in [0.2, 0.25) is 0 Å². The second kappa shape index (κ2) is 7.77. The molecular weight excluding hydrogens is 310 g/mol. The van der Waals surface area contributed by atoms with Crippen LogP contribution in [0.4, 0.5) is 5.69 Å². The second-order valence-electron chi connectivity index (χ2n) is 8.50. The molecule has 3 rings (SSSR count). The number of carbonyl (C=O) groups is 1. The van der Waals surface area contributed by atoms with E-state index in [0.29, 0.717) is 6.04 Å². The highest BCUT2D eigenvalue weighted by molar-refractivity contribution is 5.94. The summed E-state index contributed by atoms with van der Waals surface area (Å²) < 4.78 is 0. The van der Waals surface area contributed by atoms with E-state index in [2.05, 4.69) is 48.0 Å². The van der Waals surface area contributed by atoms with Gasteiger partial charge in [0.25, 0.3) is 5.91 Å². The summed E-state index contributed by atoms with van der Waals surface area (Å²) in [6.45, 7) is 11.2. The minimum Gasteiger partial charge on any atom is -0.372 e. The van der Waals surface area contributed by atoms with Crippen LogP contribution in [0.3, 0.4) is 0 Å². The van der Waals surface area contributed by atoms with E-state index >= 15 is 0 Å². The van der Waals surface area contributed by atoms with Crippen LogP contribution >= 0.6 is 0 Å². The summed E-state index contributed by atoms with van der Waals surface area (Å²) in [6.07, 6.45) is 5.96. The highest BCUT2D eigenvalue weighted by atomic mass is 16.1. The molecule has 2 saturated heterocycles. The molecule has 2 aliphatic heterocycles. The quantitative estimate of drug-likeness (QED) is 0.909. The Bertz CT molecular complexity index is 562. The van der Waals surface area contributed by atoms with Crippen LogP contribution < -0.4 is 10.2 Å². The number of piperidine rings is 2. The van der Waals surface area contributed by atoms with Gasteiger partial charge in [-0.2, -0.15) is 0 Å². The fourth-order valence-electron chi connectivity index (χ4n) is 3.94. The first-order valence-electron chi connectivity index (χ1n) is 9.84. The lowest BCUT2D eigenvalue weighted by Gasteiger charge is -2.41. The van der Waals surface area contributed by atoms with Crippen molar-refractivity contribution >= 4 is 11.6 Å². The van der Waals surface area contributed by atoms with E-state index < -0.39 is 0 Å². The number of hydrogen-bond donors (Lipinski definition) is 1. The third-order valence-electron chi connectivity index (χ3n) is 5.63. The van der Waals surface area contributed by atoms with Gasteiger partial charge in [-0.3, -0.25) is 9.69 Å². The number of carbonyl (C=O) groups excluding carboxylic acids is 1. The van der Waals surface area contributed by atoms with Crippen LogP contribution in [0.2, 0.25) is 0 Å². The van der Waals surface area contributed by atoms with Gasteiger partial charge in [-0.25, -0.2) is 0 Å². The Labute approximate surface area is 152 Å². The normalized spacial score (nSPS) is 20.5. The predicted octanol–water partition coefficient (Wildman–Crippen LogP) is 3.67. The molecule has 0 saturated carbocycles. The maximum absolute atomic E-state index is 12.5. The lowest BCUT2D eigenvalue weighted by atomic mass is 9.98. The summed E-state index contributed by atoms with van der Waals surface area (Å²) in [6, 6.07) is 8.45. The van der Waals surface area contributed by atoms with Crippen LogP contribution in [-0.4, -0.2) is 48.6 Å². The molecule has 0 atom stereocenters. The molecule has 2 heterocycles. The van der Waals surface area contributed by atoms with E-state index in [0.717, 1.165) is 44.6 Å². The molecule has 25 heavy (non-hydrogen) atoms. The maximum Gasteiger partial charge on any atom is 0.251 e. The molecule has 0 unspecified atom stereocenters. The standard InChI is InChI=1S/C21H33N3O/c1-21(2,3)24-15-11-18(12-16-24)22-20(25)17-7-9-19(10-8-17)23-13-5-4-6-14-23/h7-10,18H,4-6,11-16H2,1-3H3,(H,22,25). The Hall–Kier alpha value is -1.55. The smallest absolute Gasteiger partial charge is 0.251 e. The van der Waals surface area contributed by atoms with Crippen LogP contribution in [-0.2, 0) is 0 Å². The van der Waals surface area contributed by atoms with Gasteiger partial charge in [0.15, 0.2) is 0 Å². The average Bonchev–Trinajstić information content (AvgIpc) is 2.62. The Morgan fingerprint density at radius 3 is 2.12 bits per heavy atom. The minimum atomic E-state index is 0.0689. The SMILES string of the molecule is CC(C)(C)N1CCC(NC(=O)c2ccc(N3CCCCC3)cc2)CC1. The molecule has 0 aliphatic carbocycles. The molecule has 1 aromatic rings.